The van der Waals surface area contributed by atoms with Gasteiger partial charge in [-0.1, -0.05) is 235 Å². The molecule has 0 N–H and O–H groups in total. The average Bonchev–Trinajstić information content (AvgIpc) is 0.795. The summed E-state index contributed by atoms with van der Waals surface area (Å²) in [5.41, 5.74) is 4.16. The quantitative estimate of drug-likeness (QED) is 0.0471. The molecule has 5 aliphatic rings. The molecule has 10 rings (SSSR count). The Morgan fingerprint density at radius 3 is 1.12 bits per heavy atom. The first-order valence-corrected chi connectivity index (χ1v) is 34.7. The van der Waals surface area contributed by atoms with Crippen molar-refractivity contribution >= 4 is 0 Å². The zero-order valence-corrected chi connectivity index (χ0v) is 57.1. The van der Waals surface area contributed by atoms with Gasteiger partial charge in [0.25, 0.3) is 0 Å². The van der Waals surface area contributed by atoms with E-state index in [-0.39, 0.29) is 97.7 Å². The number of hydrogen-bond acceptors (Lipinski definition) is 14. The summed E-state index contributed by atoms with van der Waals surface area (Å²) in [5, 5.41) is 0. The van der Waals surface area contributed by atoms with Gasteiger partial charge in [0.1, 0.15) is 30.5 Å². The second-order valence-corrected chi connectivity index (χ2v) is 27.6. The van der Waals surface area contributed by atoms with E-state index in [1.54, 1.807) is 0 Å². The first-order chi connectivity index (χ1) is 44.6. The largest absolute Gasteiger partial charge is 0.374 e. The lowest BCUT2D eigenvalue weighted by atomic mass is 9.79. The van der Waals surface area contributed by atoms with Gasteiger partial charge in [0.2, 0.25) is 0 Å². The molecule has 0 spiro atoms. The van der Waals surface area contributed by atoms with Crippen molar-refractivity contribution in [3.63, 3.8) is 0 Å². The predicted octanol–water partition coefficient (Wildman–Crippen LogP) is 15.3. The van der Waals surface area contributed by atoms with Crippen LogP contribution in [0.25, 0.3) is 0 Å². The third-order valence-electron chi connectivity index (χ3n) is 21.5. The molecule has 5 aliphatic heterocycles. The molecule has 0 aliphatic carbocycles. The molecule has 14 heteroatoms. The second kappa shape index (κ2) is 33.5. The Hall–Kier alpha value is -4.46. The molecule has 5 fully saturated rings. The van der Waals surface area contributed by atoms with Crippen molar-refractivity contribution < 1.29 is 66.3 Å². The number of ether oxygens (including phenoxy) is 14. The van der Waals surface area contributed by atoms with Crippen LogP contribution in [0, 0.1) is 53.3 Å². The molecule has 504 valence electrons. The van der Waals surface area contributed by atoms with Crippen LogP contribution in [0.3, 0.4) is 0 Å². The van der Waals surface area contributed by atoms with Crippen molar-refractivity contribution in [1.82, 2.24) is 0 Å². The first-order valence-electron chi connectivity index (χ1n) is 34.7. The lowest BCUT2D eigenvalue weighted by Gasteiger charge is -2.55. The molecule has 5 heterocycles. The maximum absolute atomic E-state index is 7.86. The molecule has 0 bridgehead atoms. The summed E-state index contributed by atoms with van der Waals surface area (Å²) in [6.07, 6.45) is -5.82. The zero-order valence-electron chi connectivity index (χ0n) is 57.1. The Bertz CT molecular complexity index is 2890. The van der Waals surface area contributed by atoms with E-state index in [1.807, 2.05) is 91.0 Å². The van der Waals surface area contributed by atoms with E-state index in [0.29, 0.717) is 26.4 Å². The van der Waals surface area contributed by atoms with Crippen molar-refractivity contribution in [2.75, 3.05) is 13.2 Å². The fourth-order valence-corrected chi connectivity index (χ4v) is 14.5. The summed E-state index contributed by atoms with van der Waals surface area (Å²) in [4.78, 5) is 0. The number of benzene rings is 5. The molecule has 25 atom stereocenters. The fourth-order valence-electron chi connectivity index (χ4n) is 14.5. The molecule has 0 aromatic heterocycles. The van der Waals surface area contributed by atoms with Crippen LogP contribution in [0.4, 0.5) is 0 Å². The summed E-state index contributed by atoms with van der Waals surface area (Å²) in [6.45, 7) is 30.9. The van der Waals surface area contributed by atoms with Gasteiger partial charge in [-0.2, -0.15) is 0 Å². The standard InChI is InChI=1S/C78H108O14/c1-14-63-49(4)52(7)68(80-43-59-34-24-18-25-35-59)74(85-63)84-48-78(13)57(12)71(91-76-70(54(9)51(6)65(16-3)87-76)90-75-69(53(8)50(5)64(15-2)86-75)81-44-60-36-26-19-27-37-60)72(82-45-61-38-28-20-29-39-61)77(92-78)89-67-55(10)56(11)73(83-46-62-40-30-21-31-41-62)88-66(67)47-79-42-58-32-22-17-23-33-58/h17-41,49-57,63-77H,14-16,42-48H2,1-13H3/t49-,50-,51-,52-,53?,54?,55+,56?,57-,63?,64-,65-,66?,67-,68?,69?,70?,71-,72?,73+,74-,75+,76+,77+,78?/m0/s1. The van der Waals surface area contributed by atoms with Crippen LogP contribution in [0.2, 0.25) is 0 Å². The summed E-state index contributed by atoms with van der Waals surface area (Å²) < 4.78 is 101. The summed E-state index contributed by atoms with van der Waals surface area (Å²) in [6, 6.07) is 51.3. The van der Waals surface area contributed by atoms with E-state index in [2.05, 4.69) is 151 Å². The van der Waals surface area contributed by atoms with Crippen molar-refractivity contribution in [3.8, 4) is 0 Å². The molecular weight excluding hydrogens is 1160 g/mol. The molecule has 0 amide bonds. The fraction of sp³-hybridized carbons (Fsp3) is 0.615. The molecule has 0 saturated carbocycles. The Morgan fingerprint density at radius 2 is 0.663 bits per heavy atom. The maximum atomic E-state index is 7.86. The van der Waals surface area contributed by atoms with Crippen LogP contribution >= 0.6 is 0 Å². The van der Waals surface area contributed by atoms with E-state index >= 15 is 0 Å². The topological polar surface area (TPSA) is 129 Å². The van der Waals surface area contributed by atoms with Crippen molar-refractivity contribution in [2.24, 2.45) is 53.3 Å². The molecule has 5 aromatic carbocycles. The maximum Gasteiger partial charge on any atom is 0.187 e. The Morgan fingerprint density at radius 1 is 0.315 bits per heavy atom. The Labute approximate surface area is 550 Å². The highest BCUT2D eigenvalue weighted by molar-refractivity contribution is 5.17. The van der Waals surface area contributed by atoms with Gasteiger partial charge in [-0.05, 0) is 95.4 Å². The van der Waals surface area contributed by atoms with Gasteiger partial charge in [0.05, 0.1) is 82.4 Å². The smallest absolute Gasteiger partial charge is 0.187 e. The Kier molecular flexibility index (Phi) is 25.6. The third-order valence-corrected chi connectivity index (χ3v) is 21.5. The van der Waals surface area contributed by atoms with E-state index in [4.69, 9.17) is 66.3 Å². The molecule has 14 nitrogen and oxygen atoms in total. The SMILES string of the molecule is CCC1O[C@H](OCC2(C)O[C@@H](O[C@@H]3C(COCc4ccccc4)O[C@@H](OCc4ccccc4)C(C)[C@H]3C)C(OCc3ccccc3)[C@@H](O[C@H]3O[C@@H](CC)[C@@H](C)C(C)C3O[C@H]3O[C@@H](CC)[C@@H](C)C(C)C3OCc3ccccc3)[C@@H]2C)C(OCc2ccccc2)[C@@H](C)[C@@H]1C. The van der Waals surface area contributed by atoms with Crippen LogP contribution in [0.15, 0.2) is 152 Å². The van der Waals surface area contributed by atoms with E-state index in [0.717, 1.165) is 47.1 Å². The third kappa shape index (κ3) is 17.2. The molecular formula is C78H108O14. The minimum Gasteiger partial charge on any atom is -0.374 e. The van der Waals surface area contributed by atoms with Crippen molar-refractivity contribution in [3.05, 3.63) is 179 Å². The van der Waals surface area contributed by atoms with Crippen LogP contribution in [0.5, 0.6) is 0 Å². The number of hydrogen-bond donors (Lipinski definition) is 0. The minimum absolute atomic E-state index is 0.0324. The van der Waals surface area contributed by atoms with Gasteiger partial charge < -0.3 is 66.3 Å². The highest BCUT2D eigenvalue weighted by atomic mass is 16.8. The first kappa shape index (κ1) is 70.3. The van der Waals surface area contributed by atoms with Gasteiger partial charge in [-0.3, -0.25) is 0 Å². The van der Waals surface area contributed by atoms with Crippen molar-refractivity contribution in [2.45, 2.75) is 240 Å². The van der Waals surface area contributed by atoms with Gasteiger partial charge in [-0.15, -0.1) is 0 Å². The van der Waals surface area contributed by atoms with Crippen LogP contribution in [0.1, 0.15) is 137 Å². The minimum atomic E-state index is -1.11. The van der Waals surface area contributed by atoms with Gasteiger partial charge in [-0.25, -0.2) is 0 Å². The van der Waals surface area contributed by atoms with E-state index < -0.39 is 73.5 Å². The van der Waals surface area contributed by atoms with Crippen molar-refractivity contribution in [1.29, 1.82) is 0 Å². The predicted molar refractivity (Wildman–Crippen MR) is 354 cm³/mol. The highest BCUT2D eigenvalue weighted by Crippen LogP contribution is 2.47. The molecule has 10 unspecified atom stereocenters. The Balaban J connectivity index is 1.03. The van der Waals surface area contributed by atoms with Crippen LogP contribution in [-0.2, 0) is 99.4 Å². The number of rotatable bonds is 28. The summed E-state index contributed by atoms with van der Waals surface area (Å²) >= 11 is 0. The van der Waals surface area contributed by atoms with Crippen LogP contribution in [-0.4, -0.2) is 111 Å². The lowest BCUT2D eigenvalue weighted by Crippen LogP contribution is -2.66. The molecule has 5 saturated heterocycles. The second-order valence-electron chi connectivity index (χ2n) is 27.6. The van der Waals surface area contributed by atoms with Gasteiger partial charge >= 0.3 is 0 Å². The highest BCUT2D eigenvalue weighted by Gasteiger charge is 2.58. The molecule has 0 radical (unpaired) electrons. The summed E-state index contributed by atoms with van der Waals surface area (Å²) in [7, 11) is 0. The average molecular weight is 1270 g/mol. The molecule has 5 aromatic rings. The van der Waals surface area contributed by atoms with E-state index in [9.17, 15) is 0 Å². The van der Waals surface area contributed by atoms with Gasteiger partial charge in [0, 0.05) is 11.8 Å². The zero-order chi connectivity index (χ0) is 64.9. The van der Waals surface area contributed by atoms with Gasteiger partial charge in [0.15, 0.2) is 31.5 Å². The lowest BCUT2D eigenvalue weighted by molar-refractivity contribution is -0.400. The van der Waals surface area contributed by atoms with E-state index in [1.165, 1.54) is 0 Å². The summed E-state index contributed by atoms with van der Waals surface area (Å²) in [5.74, 6) is 0.104. The monoisotopic (exact) mass is 1270 g/mol. The normalized spacial score (nSPS) is 37.6. The van der Waals surface area contributed by atoms with Crippen LogP contribution < -0.4 is 0 Å². The molecule has 92 heavy (non-hydrogen) atoms.